The standard InChI is InChI=1S/C9H16N4O/c10-4-3-9(14)8-6-13(12-11-8)5-7-1-2-7/h6-7,9,14H,1-5,10H2. The Morgan fingerprint density at radius 3 is 3.07 bits per heavy atom. The molecule has 0 saturated heterocycles. The van der Waals surface area contributed by atoms with Gasteiger partial charge in [-0.1, -0.05) is 5.21 Å². The Morgan fingerprint density at radius 1 is 1.64 bits per heavy atom. The summed E-state index contributed by atoms with van der Waals surface area (Å²) in [5, 5.41) is 17.5. The lowest BCUT2D eigenvalue weighted by Crippen LogP contribution is -2.07. The second kappa shape index (κ2) is 4.06. The van der Waals surface area contributed by atoms with Crippen LogP contribution in [-0.2, 0) is 6.54 Å². The number of nitrogens with zero attached hydrogens (tertiary/aromatic N) is 3. The molecule has 5 nitrogen and oxygen atoms in total. The number of rotatable bonds is 5. The van der Waals surface area contributed by atoms with Crippen LogP contribution in [0.1, 0.15) is 31.1 Å². The summed E-state index contributed by atoms with van der Waals surface area (Å²) in [6.45, 7) is 1.40. The van der Waals surface area contributed by atoms with E-state index in [1.54, 1.807) is 0 Å². The van der Waals surface area contributed by atoms with Gasteiger partial charge in [-0.3, -0.25) is 4.68 Å². The van der Waals surface area contributed by atoms with Crippen molar-refractivity contribution in [2.45, 2.75) is 31.9 Å². The van der Waals surface area contributed by atoms with E-state index in [0.29, 0.717) is 18.7 Å². The van der Waals surface area contributed by atoms with Gasteiger partial charge in [0.25, 0.3) is 0 Å². The van der Waals surface area contributed by atoms with Crippen LogP contribution in [0, 0.1) is 5.92 Å². The Kier molecular flexibility index (Phi) is 2.79. The minimum absolute atomic E-state index is 0.469. The number of hydrogen-bond acceptors (Lipinski definition) is 4. The first-order valence-corrected chi connectivity index (χ1v) is 5.07. The zero-order valence-electron chi connectivity index (χ0n) is 8.13. The zero-order chi connectivity index (χ0) is 9.97. The second-order valence-corrected chi connectivity index (χ2v) is 3.90. The van der Waals surface area contributed by atoms with Crippen LogP contribution in [0.15, 0.2) is 6.20 Å². The summed E-state index contributed by atoms with van der Waals surface area (Å²) >= 11 is 0. The summed E-state index contributed by atoms with van der Waals surface area (Å²) in [6.07, 6.45) is 4.38. The van der Waals surface area contributed by atoms with Crippen LogP contribution >= 0.6 is 0 Å². The van der Waals surface area contributed by atoms with Crippen molar-refractivity contribution >= 4 is 0 Å². The van der Waals surface area contributed by atoms with Gasteiger partial charge < -0.3 is 10.8 Å². The quantitative estimate of drug-likeness (QED) is 0.698. The van der Waals surface area contributed by atoms with E-state index in [-0.39, 0.29) is 0 Å². The summed E-state index contributed by atoms with van der Waals surface area (Å²) in [5.74, 6) is 0.774. The predicted molar refractivity (Wildman–Crippen MR) is 51.4 cm³/mol. The van der Waals surface area contributed by atoms with E-state index < -0.39 is 6.10 Å². The summed E-state index contributed by atoms with van der Waals surface area (Å²) in [5.41, 5.74) is 5.98. The first-order chi connectivity index (χ1) is 6.79. The summed E-state index contributed by atoms with van der Waals surface area (Å²) in [6, 6.07) is 0. The lowest BCUT2D eigenvalue weighted by atomic mass is 10.2. The Bertz CT molecular complexity index is 295. The van der Waals surface area contributed by atoms with Gasteiger partial charge >= 0.3 is 0 Å². The fourth-order valence-electron chi connectivity index (χ4n) is 1.43. The van der Waals surface area contributed by atoms with Crippen LogP contribution in [0.4, 0.5) is 0 Å². The molecule has 1 aliphatic rings. The van der Waals surface area contributed by atoms with E-state index in [0.717, 1.165) is 12.5 Å². The van der Waals surface area contributed by atoms with Gasteiger partial charge in [0, 0.05) is 6.54 Å². The van der Waals surface area contributed by atoms with Crippen molar-refractivity contribution in [1.82, 2.24) is 15.0 Å². The van der Waals surface area contributed by atoms with Crippen molar-refractivity contribution in [3.63, 3.8) is 0 Å². The van der Waals surface area contributed by atoms with Gasteiger partial charge in [0.2, 0.25) is 0 Å². The van der Waals surface area contributed by atoms with Crippen molar-refractivity contribution in [2.24, 2.45) is 11.7 Å². The van der Waals surface area contributed by atoms with E-state index in [1.807, 2.05) is 10.9 Å². The molecule has 1 unspecified atom stereocenters. The van der Waals surface area contributed by atoms with Crippen LogP contribution in [0.25, 0.3) is 0 Å². The van der Waals surface area contributed by atoms with Crippen molar-refractivity contribution in [2.75, 3.05) is 6.54 Å². The molecule has 1 atom stereocenters. The summed E-state index contributed by atoms with van der Waals surface area (Å²) in [7, 11) is 0. The number of hydrogen-bond donors (Lipinski definition) is 2. The first kappa shape index (κ1) is 9.61. The highest BCUT2D eigenvalue weighted by Crippen LogP contribution is 2.30. The maximum absolute atomic E-state index is 9.59. The van der Waals surface area contributed by atoms with E-state index in [9.17, 15) is 5.11 Å². The molecule has 1 heterocycles. The van der Waals surface area contributed by atoms with Crippen LogP contribution in [0.3, 0.4) is 0 Å². The second-order valence-electron chi connectivity index (χ2n) is 3.90. The summed E-state index contributed by atoms with van der Waals surface area (Å²) in [4.78, 5) is 0. The average molecular weight is 196 g/mol. The van der Waals surface area contributed by atoms with Gasteiger partial charge in [0.1, 0.15) is 11.8 Å². The highest BCUT2D eigenvalue weighted by Gasteiger charge is 2.22. The largest absolute Gasteiger partial charge is 0.387 e. The molecule has 1 saturated carbocycles. The Hall–Kier alpha value is -0.940. The molecule has 1 aliphatic carbocycles. The maximum atomic E-state index is 9.59. The minimum Gasteiger partial charge on any atom is -0.387 e. The molecule has 0 spiro atoms. The van der Waals surface area contributed by atoms with Crippen LogP contribution in [0.5, 0.6) is 0 Å². The zero-order valence-corrected chi connectivity index (χ0v) is 8.13. The van der Waals surface area contributed by atoms with Gasteiger partial charge in [-0.2, -0.15) is 0 Å². The minimum atomic E-state index is -0.562. The molecule has 0 amide bonds. The van der Waals surface area contributed by atoms with Crippen molar-refractivity contribution < 1.29 is 5.11 Å². The predicted octanol–water partition coefficient (Wildman–Crippen LogP) is 0.0703. The molecule has 78 valence electrons. The SMILES string of the molecule is NCCC(O)c1cn(CC2CC2)nn1. The topological polar surface area (TPSA) is 77.0 Å². The van der Waals surface area contributed by atoms with Crippen molar-refractivity contribution in [1.29, 1.82) is 0 Å². The monoisotopic (exact) mass is 196 g/mol. The van der Waals surface area contributed by atoms with Crippen molar-refractivity contribution in [3.05, 3.63) is 11.9 Å². The smallest absolute Gasteiger partial charge is 0.111 e. The van der Waals surface area contributed by atoms with E-state index in [4.69, 9.17) is 5.73 Å². The molecule has 1 aromatic rings. The van der Waals surface area contributed by atoms with Crippen molar-refractivity contribution in [3.8, 4) is 0 Å². The van der Waals surface area contributed by atoms with Gasteiger partial charge in [0.05, 0.1) is 6.20 Å². The number of aliphatic hydroxyl groups is 1. The molecule has 0 aliphatic heterocycles. The van der Waals surface area contributed by atoms with Gasteiger partial charge in [-0.05, 0) is 31.7 Å². The molecule has 1 aromatic heterocycles. The normalized spacial score (nSPS) is 18.4. The fourth-order valence-corrected chi connectivity index (χ4v) is 1.43. The highest BCUT2D eigenvalue weighted by molar-refractivity contribution is 4.97. The lowest BCUT2D eigenvalue weighted by Gasteiger charge is -2.03. The van der Waals surface area contributed by atoms with Crippen LogP contribution < -0.4 is 5.73 Å². The average Bonchev–Trinajstić information content (AvgIpc) is 2.82. The third-order valence-electron chi connectivity index (χ3n) is 2.48. The van der Waals surface area contributed by atoms with E-state index in [2.05, 4.69) is 10.3 Å². The molecular weight excluding hydrogens is 180 g/mol. The molecule has 0 aromatic carbocycles. The van der Waals surface area contributed by atoms with E-state index >= 15 is 0 Å². The molecule has 2 rings (SSSR count). The third-order valence-corrected chi connectivity index (χ3v) is 2.48. The number of nitrogens with two attached hydrogens (primary N) is 1. The van der Waals surface area contributed by atoms with E-state index in [1.165, 1.54) is 12.8 Å². The molecular formula is C9H16N4O. The van der Waals surface area contributed by atoms with Crippen LogP contribution in [-0.4, -0.2) is 26.6 Å². The molecule has 14 heavy (non-hydrogen) atoms. The molecule has 3 N–H and O–H groups in total. The van der Waals surface area contributed by atoms with Crippen LogP contribution in [0.2, 0.25) is 0 Å². The Labute approximate surface area is 82.9 Å². The molecule has 5 heteroatoms. The van der Waals surface area contributed by atoms with Gasteiger partial charge in [-0.25, -0.2) is 0 Å². The number of aromatic nitrogens is 3. The third kappa shape index (κ3) is 2.30. The Balaban J connectivity index is 1.93. The van der Waals surface area contributed by atoms with Gasteiger partial charge in [0.15, 0.2) is 0 Å². The lowest BCUT2D eigenvalue weighted by molar-refractivity contribution is 0.165. The molecule has 0 radical (unpaired) electrons. The number of aliphatic hydroxyl groups excluding tert-OH is 1. The first-order valence-electron chi connectivity index (χ1n) is 5.07. The molecule has 1 fully saturated rings. The van der Waals surface area contributed by atoms with Gasteiger partial charge in [-0.15, -0.1) is 5.10 Å². The summed E-state index contributed by atoms with van der Waals surface area (Å²) < 4.78 is 1.81. The maximum Gasteiger partial charge on any atom is 0.111 e. The molecule has 0 bridgehead atoms. The fraction of sp³-hybridized carbons (Fsp3) is 0.778. The Morgan fingerprint density at radius 2 is 2.43 bits per heavy atom. The highest BCUT2D eigenvalue weighted by atomic mass is 16.3.